The predicted octanol–water partition coefficient (Wildman–Crippen LogP) is 33.4. The van der Waals surface area contributed by atoms with E-state index in [4.69, 9.17) is 0 Å². The Morgan fingerprint density at radius 2 is 0.606 bits per heavy atom. The highest BCUT2D eigenvalue weighted by atomic mass is 15.2. The maximum absolute atomic E-state index is 2.61. The van der Waals surface area contributed by atoms with Crippen LogP contribution in [0.2, 0.25) is 0 Å². The molecule has 19 aromatic carbocycles. The first-order chi connectivity index (χ1) is 65.1. The Kier molecular flexibility index (Phi) is 16.5. The van der Waals surface area contributed by atoms with Gasteiger partial charge in [0.25, 0.3) is 0 Å². The van der Waals surface area contributed by atoms with E-state index in [1.807, 2.05) is 0 Å². The van der Waals surface area contributed by atoms with Crippen molar-refractivity contribution in [1.82, 2.24) is 9.13 Å². The Labute approximate surface area is 769 Å². The van der Waals surface area contributed by atoms with Crippen LogP contribution in [0.15, 0.2) is 455 Å². The third kappa shape index (κ3) is 10.5. The van der Waals surface area contributed by atoms with Gasteiger partial charge in [-0.15, -0.1) is 0 Å². The highest BCUT2D eigenvalue weighted by molar-refractivity contribution is 6.18. The summed E-state index contributed by atoms with van der Waals surface area (Å²) in [6.07, 6.45) is 8.95. The van der Waals surface area contributed by atoms with Crippen LogP contribution in [0.5, 0.6) is 0 Å². The van der Waals surface area contributed by atoms with Crippen LogP contribution in [0.4, 0.5) is 34.1 Å². The summed E-state index contributed by atoms with van der Waals surface area (Å²) in [7, 11) is 0. The fourth-order valence-electron chi connectivity index (χ4n) is 25.2. The zero-order valence-corrected chi connectivity index (χ0v) is 73.9. The lowest BCUT2D eigenvalue weighted by Gasteiger charge is -2.37. The molecular weight excluding hydrogens is 1590 g/mol. The van der Waals surface area contributed by atoms with Gasteiger partial charge in [-0.3, -0.25) is 0 Å². The lowest BCUT2D eigenvalue weighted by Crippen LogP contribution is -2.30. The molecule has 6 aliphatic rings. The van der Waals surface area contributed by atoms with Crippen molar-refractivity contribution < 1.29 is 0 Å². The molecule has 1 atom stereocenters. The summed E-state index contributed by atoms with van der Waals surface area (Å²) in [6.45, 7) is 9.57. The van der Waals surface area contributed by atoms with Crippen LogP contribution >= 0.6 is 0 Å². The van der Waals surface area contributed by atoms with Crippen LogP contribution in [0.1, 0.15) is 102 Å². The Balaban J connectivity index is 0.639. The van der Waals surface area contributed by atoms with E-state index in [0.717, 1.165) is 97.1 Å². The first kappa shape index (κ1) is 76.0. The molecule has 0 radical (unpaired) electrons. The quantitative estimate of drug-likeness (QED) is 0.114. The van der Waals surface area contributed by atoms with Gasteiger partial charge in [0.05, 0.1) is 55.6 Å². The molecule has 6 aliphatic carbocycles. The van der Waals surface area contributed by atoms with E-state index in [-0.39, 0.29) is 10.8 Å². The molecule has 0 saturated heterocycles. The molecule has 2 heterocycles. The van der Waals surface area contributed by atoms with E-state index in [9.17, 15) is 0 Å². The molecule has 27 rings (SSSR count). The SMILES string of the molecule is CC1(C)c2ccccc2-c2c(-c3ccccc3N(c3ccc4c(c3)-c3ccccc3C4(C3=CC=CCC3)c3ccc(-c4ccc5c6cccc(N(c7ccc8c(c7)-c7ccccc7C87c8ccccc8-c8ccccc87)c7ccccc7-c7cccc8c7-c7ccccc7C8(C)C)c6n(-c6ccccc6)c5c4)cc3)c3cccc4c5ccccc5n(-c5ccccc5)c34)cccc21. The highest BCUT2D eigenvalue weighted by Crippen LogP contribution is 2.66. The van der Waals surface area contributed by atoms with Crippen molar-refractivity contribution in [3.8, 4) is 100 Å². The minimum absolute atomic E-state index is 0.186. The second-order valence-corrected chi connectivity index (χ2v) is 37.8. The van der Waals surface area contributed by atoms with E-state index in [1.165, 1.54) is 161 Å². The van der Waals surface area contributed by atoms with Crippen LogP contribution in [-0.2, 0) is 21.7 Å². The average molecular weight is 1680 g/mol. The molecule has 4 nitrogen and oxygen atoms in total. The van der Waals surface area contributed by atoms with Crippen molar-refractivity contribution in [3.05, 3.63) is 516 Å². The van der Waals surface area contributed by atoms with E-state index < -0.39 is 10.8 Å². The van der Waals surface area contributed by atoms with Gasteiger partial charge < -0.3 is 18.9 Å². The molecule has 21 aromatic rings. The monoisotopic (exact) mass is 1680 g/mol. The normalized spacial score (nSPS) is 15.4. The maximum atomic E-state index is 2.61. The van der Waals surface area contributed by atoms with Gasteiger partial charge in [0.1, 0.15) is 0 Å². The van der Waals surface area contributed by atoms with Gasteiger partial charge in [-0.05, 0) is 237 Å². The number of rotatable bonds is 13. The Morgan fingerprint density at radius 3 is 1.11 bits per heavy atom. The smallest absolute Gasteiger partial charge is 0.0782 e. The van der Waals surface area contributed by atoms with Crippen molar-refractivity contribution in [1.29, 1.82) is 0 Å². The minimum Gasteiger partial charge on any atom is -0.308 e. The molecule has 0 saturated carbocycles. The number of fused-ring (bicyclic) bond motifs is 25. The fourth-order valence-corrected chi connectivity index (χ4v) is 25.2. The Morgan fingerprint density at radius 1 is 0.242 bits per heavy atom. The van der Waals surface area contributed by atoms with Crippen LogP contribution in [0.3, 0.4) is 0 Å². The fraction of sp³-hybridized carbons (Fsp3) is 0.0781. The number of hydrogen-bond acceptors (Lipinski definition) is 2. The van der Waals surface area contributed by atoms with Crippen LogP contribution in [0.25, 0.3) is 144 Å². The van der Waals surface area contributed by atoms with E-state index >= 15 is 0 Å². The summed E-state index contributed by atoms with van der Waals surface area (Å²) < 4.78 is 5.06. The number of anilines is 6. The molecule has 2 aromatic heterocycles. The molecule has 0 bridgehead atoms. The van der Waals surface area contributed by atoms with Crippen molar-refractivity contribution >= 4 is 77.7 Å². The second kappa shape index (κ2) is 28.7. The molecule has 4 heteroatoms. The predicted molar refractivity (Wildman–Crippen MR) is 550 cm³/mol. The van der Waals surface area contributed by atoms with Crippen molar-refractivity contribution in [3.63, 3.8) is 0 Å². The summed E-state index contributed by atoms with van der Waals surface area (Å²) in [6, 6.07) is 164. The molecule has 0 fully saturated rings. The maximum Gasteiger partial charge on any atom is 0.0782 e. The Hall–Kier alpha value is -16.1. The third-order valence-electron chi connectivity index (χ3n) is 30.7. The summed E-state index contributed by atoms with van der Waals surface area (Å²) in [4.78, 5) is 5.20. The highest BCUT2D eigenvalue weighted by Gasteiger charge is 2.53. The van der Waals surface area contributed by atoms with Crippen LogP contribution < -0.4 is 9.80 Å². The molecule has 0 aliphatic heterocycles. The van der Waals surface area contributed by atoms with E-state index in [1.54, 1.807) is 0 Å². The molecular formula is C128H90N4. The molecule has 622 valence electrons. The van der Waals surface area contributed by atoms with Crippen molar-refractivity contribution in [2.45, 2.75) is 62.2 Å². The zero-order valence-electron chi connectivity index (χ0n) is 73.9. The lowest BCUT2D eigenvalue weighted by atomic mass is 9.65. The summed E-state index contributed by atoms with van der Waals surface area (Å²) in [5.74, 6) is 0. The van der Waals surface area contributed by atoms with Gasteiger partial charge in [-0.1, -0.05) is 397 Å². The van der Waals surface area contributed by atoms with Crippen molar-refractivity contribution in [2.24, 2.45) is 0 Å². The molecule has 0 amide bonds. The number of para-hydroxylation sites is 7. The zero-order chi connectivity index (χ0) is 87.5. The first-order valence-corrected chi connectivity index (χ1v) is 46.7. The van der Waals surface area contributed by atoms with Gasteiger partial charge in [0.15, 0.2) is 0 Å². The van der Waals surface area contributed by atoms with E-state index in [2.05, 4.69) is 496 Å². The van der Waals surface area contributed by atoms with Crippen LogP contribution in [0, 0.1) is 0 Å². The van der Waals surface area contributed by atoms with Gasteiger partial charge in [-0.25, -0.2) is 0 Å². The summed E-state index contributed by atoms with van der Waals surface area (Å²) in [5.41, 5.74) is 47.5. The standard InChI is InChI=1S/C128H90N4/c1-125(2)105-55-23-18-49-101(105)121-97(51-32-61-113(121)125)93-46-20-29-63-115(93)129(118-66-34-53-99-95-48-22-31-65-117(95)131(123(99)118)85-38-10-6-11-39-85)87-73-76-111-103(79-87)91-44-16-25-57-107(91)127(111,83-36-8-5-9-37-83)84-71-68-81(69-72-84)82-70-75-96-100-54-35-67-119(124(100)132(120(96)78-82)86-40-12-7-13-41-86)130(116-64-30-21-47-94(116)98-52-33-62-114-122(98)102-50-19-24-56-106(102)126(114,3)4)88-74-77-112-104(80-88)92-45-17-28-60-110(92)128(112)108-58-26-14-42-89(108)90-43-15-27-59-109(90)128/h5-8,10-36,38-80H,9,37H2,1-4H3. The topological polar surface area (TPSA) is 16.3 Å². The third-order valence-corrected chi connectivity index (χ3v) is 30.7. The van der Waals surface area contributed by atoms with E-state index in [0.29, 0.717) is 0 Å². The van der Waals surface area contributed by atoms with Crippen molar-refractivity contribution in [2.75, 3.05) is 9.80 Å². The number of allylic oxidation sites excluding steroid dienone is 4. The van der Waals surface area contributed by atoms with Crippen LogP contribution in [-0.4, -0.2) is 9.13 Å². The number of benzene rings is 19. The summed E-state index contributed by atoms with van der Waals surface area (Å²) in [5, 5.41) is 4.76. The van der Waals surface area contributed by atoms with Gasteiger partial charge >= 0.3 is 0 Å². The number of nitrogens with zero attached hydrogens (tertiary/aromatic N) is 4. The van der Waals surface area contributed by atoms with Gasteiger partial charge in [0, 0.05) is 66.3 Å². The molecule has 132 heavy (non-hydrogen) atoms. The Bertz CT molecular complexity index is 8490. The minimum atomic E-state index is -0.635. The number of hydrogen-bond donors (Lipinski definition) is 0. The largest absolute Gasteiger partial charge is 0.308 e. The average Bonchev–Trinajstić information content (AvgIpc) is 1.51. The van der Waals surface area contributed by atoms with Gasteiger partial charge in [-0.2, -0.15) is 0 Å². The second-order valence-electron chi connectivity index (χ2n) is 37.8. The molecule has 1 unspecified atom stereocenters. The molecule has 1 spiro atoms. The first-order valence-electron chi connectivity index (χ1n) is 46.7. The lowest BCUT2D eigenvalue weighted by molar-refractivity contribution is 0.660. The van der Waals surface area contributed by atoms with Gasteiger partial charge in [0.2, 0.25) is 0 Å². The summed E-state index contributed by atoms with van der Waals surface area (Å²) >= 11 is 0. The number of aromatic nitrogens is 2. The molecule has 0 N–H and O–H groups in total.